The maximum atomic E-state index is 15.1. The monoisotopic (exact) mass is 677 g/mol. The van der Waals surface area contributed by atoms with Gasteiger partial charge in [-0.05, 0) is 59.2 Å². The second-order valence-electron chi connectivity index (χ2n) is 10.2. The zero-order chi connectivity index (χ0) is 34.4. The number of alkyl halides is 9. The van der Waals surface area contributed by atoms with Gasteiger partial charge in [0.25, 0.3) is 5.91 Å². The Morgan fingerprint density at radius 2 is 1.49 bits per heavy atom. The summed E-state index contributed by atoms with van der Waals surface area (Å²) in [5, 5.41) is 2.41. The molecule has 4 aromatic rings. The van der Waals surface area contributed by atoms with Crippen LogP contribution < -0.4 is 19.5 Å². The number of hydrogen-bond acceptors (Lipinski definition) is 4. The molecule has 248 valence electrons. The van der Waals surface area contributed by atoms with Crippen molar-refractivity contribution in [3.63, 3.8) is 0 Å². The minimum Gasteiger partial charge on any atom is -0.428 e. The first-order valence-electron chi connectivity index (χ1n) is 13.2. The van der Waals surface area contributed by atoms with Crippen molar-refractivity contribution in [2.45, 2.75) is 37.0 Å². The largest absolute Gasteiger partial charge is 0.586 e. The average molecular weight is 677 g/mol. The molecular weight excluding hydrogens is 659 g/mol. The van der Waals surface area contributed by atoms with Gasteiger partial charge in [-0.3, -0.25) is 4.79 Å². The van der Waals surface area contributed by atoms with Crippen LogP contribution in [0.15, 0.2) is 84.9 Å². The lowest BCUT2D eigenvalue weighted by Gasteiger charge is -2.37. The third-order valence-electron chi connectivity index (χ3n) is 6.94. The highest BCUT2D eigenvalue weighted by molar-refractivity contribution is 5.95. The van der Waals surface area contributed by atoms with Crippen LogP contribution in [0, 0.1) is 11.6 Å². The molecular formula is C31H18F11NO4. The molecule has 1 aliphatic heterocycles. The predicted octanol–water partition coefficient (Wildman–Crippen LogP) is 8.46. The van der Waals surface area contributed by atoms with Gasteiger partial charge in [-0.1, -0.05) is 36.4 Å². The lowest BCUT2D eigenvalue weighted by Crippen LogP contribution is -2.48. The molecule has 0 saturated heterocycles. The Labute approximate surface area is 257 Å². The van der Waals surface area contributed by atoms with Gasteiger partial charge in [0.1, 0.15) is 17.4 Å². The second-order valence-corrected chi connectivity index (χ2v) is 10.2. The van der Waals surface area contributed by atoms with Crippen LogP contribution in [0.25, 0.3) is 0 Å². The van der Waals surface area contributed by atoms with Crippen LogP contribution in [0.2, 0.25) is 0 Å². The summed E-state index contributed by atoms with van der Waals surface area (Å²) in [6.45, 7) is 0. The molecule has 0 fully saturated rings. The fraction of sp³-hybridized carbons (Fsp3) is 0.194. The number of amides is 1. The molecule has 1 heterocycles. The zero-order valence-electron chi connectivity index (χ0n) is 23.2. The Hall–Kier alpha value is -5.02. The van der Waals surface area contributed by atoms with Gasteiger partial charge in [0.2, 0.25) is 0 Å². The molecule has 0 bridgehead atoms. The van der Waals surface area contributed by atoms with Crippen molar-refractivity contribution in [1.82, 2.24) is 5.32 Å². The topological polar surface area (TPSA) is 56.8 Å². The SMILES string of the molecule is O=C(NC(Cc1ccccc1)(c1cc(F)cc(OC(F)(F)C(F)F)c1)c1ccc2c(c1)OC(F)(F)O2)c1ccc(F)c(C(F)(F)F)c1. The number of ether oxygens (including phenoxy) is 3. The van der Waals surface area contributed by atoms with Crippen molar-refractivity contribution in [2.24, 2.45) is 0 Å². The Morgan fingerprint density at radius 1 is 0.809 bits per heavy atom. The molecule has 0 radical (unpaired) electrons. The summed E-state index contributed by atoms with van der Waals surface area (Å²) in [6.07, 6.45) is -19.4. The van der Waals surface area contributed by atoms with E-state index in [9.17, 15) is 48.7 Å². The number of nitrogens with one attached hydrogen (secondary N) is 1. The van der Waals surface area contributed by atoms with Gasteiger partial charge in [0.05, 0.1) is 11.1 Å². The summed E-state index contributed by atoms with van der Waals surface area (Å²) in [4.78, 5) is 13.7. The van der Waals surface area contributed by atoms with Crippen molar-refractivity contribution in [3.8, 4) is 17.2 Å². The standard InChI is InChI=1S/C31H18F11NO4/c32-20-11-19(12-21(14-20)45-30(39,40)27(34)35)28(15-16-4-2-1-3-5-16,18-7-9-24-25(13-18)47-31(41,42)46-24)43-26(44)17-6-8-23(33)22(10-17)29(36,37)38/h1-14,27H,15H2,(H,43,44). The molecule has 1 N–H and O–H groups in total. The molecule has 4 aromatic carbocycles. The van der Waals surface area contributed by atoms with Crippen molar-refractivity contribution in [3.05, 3.63) is 124 Å². The molecule has 1 unspecified atom stereocenters. The molecule has 0 spiro atoms. The van der Waals surface area contributed by atoms with Crippen molar-refractivity contribution in [1.29, 1.82) is 0 Å². The van der Waals surface area contributed by atoms with Crippen molar-refractivity contribution >= 4 is 5.91 Å². The van der Waals surface area contributed by atoms with Gasteiger partial charge in [0, 0.05) is 18.1 Å². The summed E-state index contributed by atoms with van der Waals surface area (Å²) in [5.74, 6) is -6.70. The number of carbonyl (C=O) groups excluding carboxylic acids is 1. The molecule has 1 aliphatic rings. The highest BCUT2D eigenvalue weighted by Crippen LogP contribution is 2.45. The van der Waals surface area contributed by atoms with E-state index >= 15 is 4.39 Å². The Kier molecular flexibility index (Phi) is 8.49. The number of rotatable bonds is 9. The molecule has 5 rings (SSSR count). The van der Waals surface area contributed by atoms with Crippen LogP contribution in [0.4, 0.5) is 48.3 Å². The van der Waals surface area contributed by atoms with E-state index in [4.69, 9.17) is 0 Å². The minimum absolute atomic E-state index is 0.182. The number of halogens is 11. The molecule has 5 nitrogen and oxygen atoms in total. The maximum Gasteiger partial charge on any atom is 0.586 e. The lowest BCUT2D eigenvalue weighted by molar-refractivity contribution is -0.286. The smallest absolute Gasteiger partial charge is 0.428 e. The fourth-order valence-electron chi connectivity index (χ4n) is 4.90. The molecule has 16 heteroatoms. The molecule has 0 saturated carbocycles. The van der Waals surface area contributed by atoms with E-state index < -0.39 is 88.4 Å². The summed E-state index contributed by atoms with van der Waals surface area (Å²) >= 11 is 0. The number of carbonyl (C=O) groups is 1. The third-order valence-corrected chi connectivity index (χ3v) is 6.94. The van der Waals surface area contributed by atoms with E-state index in [1.807, 2.05) is 0 Å². The zero-order valence-corrected chi connectivity index (χ0v) is 23.2. The second kappa shape index (κ2) is 12.0. The van der Waals surface area contributed by atoms with Gasteiger partial charge in [-0.15, -0.1) is 8.78 Å². The fourth-order valence-corrected chi connectivity index (χ4v) is 4.90. The average Bonchev–Trinajstić information content (AvgIpc) is 3.29. The van der Waals surface area contributed by atoms with E-state index in [2.05, 4.69) is 19.5 Å². The summed E-state index contributed by atoms with van der Waals surface area (Å²) in [7, 11) is 0. The van der Waals surface area contributed by atoms with Crippen LogP contribution in [0.3, 0.4) is 0 Å². The highest BCUT2D eigenvalue weighted by Gasteiger charge is 2.47. The molecule has 1 amide bonds. The quantitative estimate of drug-likeness (QED) is 0.181. The van der Waals surface area contributed by atoms with E-state index in [0.717, 1.165) is 18.2 Å². The Bertz CT molecular complexity index is 1800. The van der Waals surface area contributed by atoms with E-state index in [0.29, 0.717) is 35.9 Å². The van der Waals surface area contributed by atoms with Crippen LogP contribution in [0.5, 0.6) is 17.2 Å². The number of benzene rings is 4. The molecule has 1 atom stereocenters. The van der Waals surface area contributed by atoms with Gasteiger partial charge in [0.15, 0.2) is 11.5 Å². The van der Waals surface area contributed by atoms with E-state index in [1.54, 1.807) is 6.07 Å². The van der Waals surface area contributed by atoms with Crippen LogP contribution in [-0.2, 0) is 18.1 Å². The molecule has 0 aliphatic carbocycles. The Balaban J connectivity index is 1.75. The van der Waals surface area contributed by atoms with Crippen LogP contribution in [0.1, 0.15) is 32.6 Å². The van der Waals surface area contributed by atoms with Crippen LogP contribution in [-0.4, -0.2) is 24.7 Å². The first-order valence-corrected chi connectivity index (χ1v) is 13.2. The molecule has 47 heavy (non-hydrogen) atoms. The number of hydrogen-bond donors (Lipinski definition) is 1. The molecule has 0 aromatic heterocycles. The van der Waals surface area contributed by atoms with Gasteiger partial charge in [-0.25, -0.2) is 8.78 Å². The van der Waals surface area contributed by atoms with E-state index in [1.165, 1.54) is 24.3 Å². The third kappa shape index (κ3) is 7.05. The highest BCUT2D eigenvalue weighted by atomic mass is 19.4. The number of fused-ring (bicyclic) bond motifs is 1. The predicted molar refractivity (Wildman–Crippen MR) is 140 cm³/mol. The first kappa shape index (κ1) is 33.3. The van der Waals surface area contributed by atoms with Gasteiger partial charge in [-0.2, -0.15) is 30.7 Å². The lowest BCUT2D eigenvalue weighted by atomic mass is 9.77. The van der Waals surface area contributed by atoms with Gasteiger partial charge >= 0.3 is 25.0 Å². The summed E-state index contributed by atoms with van der Waals surface area (Å²) in [5.41, 5.74) is -5.35. The van der Waals surface area contributed by atoms with Crippen molar-refractivity contribution in [2.75, 3.05) is 0 Å². The normalized spacial score (nSPS) is 15.3. The van der Waals surface area contributed by atoms with E-state index in [-0.39, 0.29) is 11.6 Å². The Morgan fingerprint density at radius 3 is 2.15 bits per heavy atom. The van der Waals surface area contributed by atoms with Gasteiger partial charge < -0.3 is 19.5 Å². The maximum absolute atomic E-state index is 15.1. The minimum atomic E-state index is -5.24. The first-order chi connectivity index (χ1) is 21.9. The summed E-state index contributed by atoms with van der Waals surface area (Å²) < 4.78 is 164. The summed E-state index contributed by atoms with van der Waals surface area (Å²) in [6, 6.07) is 13.4. The van der Waals surface area contributed by atoms with Crippen LogP contribution >= 0.6 is 0 Å². The van der Waals surface area contributed by atoms with Crippen molar-refractivity contribution < 1.29 is 67.3 Å².